The fourth-order valence-electron chi connectivity index (χ4n) is 3.55. The van der Waals surface area contributed by atoms with Crippen LogP contribution in [-0.2, 0) is 12.7 Å². The second-order valence-corrected chi connectivity index (χ2v) is 7.88. The van der Waals surface area contributed by atoms with Gasteiger partial charge in [0, 0.05) is 22.5 Å². The van der Waals surface area contributed by atoms with Gasteiger partial charge in [-0.3, -0.25) is 4.79 Å². The molecule has 3 nitrogen and oxygen atoms in total. The maximum Gasteiger partial charge on any atom is 0.418 e. The highest BCUT2D eigenvalue weighted by Crippen LogP contribution is 2.37. The number of nitrogens with zero attached hydrogens (tertiary/aromatic N) is 1. The molecule has 1 N–H and O–H groups in total. The zero-order chi connectivity index (χ0) is 22.2. The first-order valence-electron chi connectivity index (χ1n) is 9.46. The number of carbonyl (C=O) groups excluding carboxylic acids is 1. The molecule has 0 aliphatic heterocycles. The van der Waals surface area contributed by atoms with E-state index in [1.54, 1.807) is 17.6 Å². The molecule has 0 atom stereocenters. The molecule has 1 heterocycles. The molecule has 0 fully saturated rings. The van der Waals surface area contributed by atoms with Gasteiger partial charge in [0.05, 0.1) is 11.3 Å². The molecule has 0 unspecified atom stereocenters. The first-order valence-corrected chi connectivity index (χ1v) is 9.84. The Morgan fingerprint density at radius 3 is 2.53 bits per heavy atom. The van der Waals surface area contributed by atoms with Gasteiger partial charge in [0.1, 0.15) is 5.69 Å². The van der Waals surface area contributed by atoms with Gasteiger partial charge >= 0.3 is 6.18 Å². The minimum atomic E-state index is -4.65. The van der Waals surface area contributed by atoms with Gasteiger partial charge in [-0.05, 0) is 54.3 Å². The third kappa shape index (κ3) is 4.10. The van der Waals surface area contributed by atoms with Gasteiger partial charge in [0.2, 0.25) is 0 Å². The largest absolute Gasteiger partial charge is 0.418 e. The SMILES string of the molecule is C=CCn1c(C(=O)Nc2ccc(Cl)cc2C(F)(F)F)c(C)c2cc(C(C)C)ccc21. The zero-order valence-electron chi connectivity index (χ0n) is 16.9. The molecule has 1 amide bonds. The summed E-state index contributed by atoms with van der Waals surface area (Å²) in [6.45, 7) is 10.0. The van der Waals surface area contributed by atoms with E-state index in [0.29, 0.717) is 23.7 Å². The van der Waals surface area contributed by atoms with Crippen molar-refractivity contribution in [2.45, 2.75) is 39.4 Å². The predicted octanol–water partition coefficient (Wildman–Crippen LogP) is 7.18. The summed E-state index contributed by atoms with van der Waals surface area (Å²) in [5.74, 6) is -0.318. The Kier molecular flexibility index (Phi) is 5.99. The molecular formula is C23H22ClF3N2O. The number of alkyl halides is 3. The molecular weight excluding hydrogens is 413 g/mol. The Morgan fingerprint density at radius 2 is 1.93 bits per heavy atom. The number of allylic oxidation sites excluding steroid dienone is 1. The number of rotatable bonds is 5. The van der Waals surface area contributed by atoms with E-state index in [1.165, 1.54) is 6.07 Å². The zero-order valence-corrected chi connectivity index (χ0v) is 17.7. The first kappa shape index (κ1) is 22.0. The molecule has 30 heavy (non-hydrogen) atoms. The maximum absolute atomic E-state index is 13.4. The summed E-state index contributed by atoms with van der Waals surface area (Å²) in [5, 5.41) is 3.26. The third-order valence-corrected chi connectivity index (χ3v) is 5.30. The number of aromatic nitrogens is 1. The van der Waals surface area contributed by atoms with E-state index in [4.69, 9.17) is 11.6 Å². The van der Waals surface area contributed by atoms with Crippen molar-refractivity contribution in [2.75, 3.05) is 5.32 Å². The molecule has 0 spiro atoms. The number of fused-ring (bicyclic) bond motifs is 1. The molecule has 0 aliphatic rings. The normalized spacial score (nSPS) is 11.9. The number of hydrogen-bond donors (Lipinski definition) is 1. The van der Waals surface area contributed by atoms with Crippen molar-refractivity contribution in [2.24, 2.45) is 0 Å². The number of hydrogen-bond acceptors (Lipinski definition) is 1. The maximum atomic E-state index is 13.4. The van der Waals surface area contributed by atoms with Crippen LogP contribution in [0.15, 0.2) is 49.1 Å². The van der Waals surface area contributed by atoms with E-state index in [0.717, 1.165) is 28.6 Å². The number of benzene rings is 2. The van der Waals surface area contributed by atoms with Crippen molar-refractivity contribution in [1.82, 2.24) is 4.57 Å². The molecule has 1 aromatic heterocycles. The van der Waals surface area contributed by atoms with Crippen molar-refractivity contribution in [3.05, 3.63) is 76.5 Å². The number of nitrogens with one attached hydrogen (secondary N) is 1. The van der Waals surface area contributed by atoms with Gasteiger partial charge in [0.15, 0.2) is 0 Å². The van der Waals surface area contributed by atoms with E-state index in [2.05, 4.69) is 25.7 Å². The summed E-state index contributed by atoms with van der Waals surface area (Å²) >= 11 is 5.73. The van der Waals surface area contributed by atoms with Crippen LogP contribution < -0.4 is 5.32 Å². The number of carbonyl (C=O) groups is 1. The lowest BCUT2D eigenvalue weighted by molar-refractivity contribution is -0.136. The minimum absolute atomic E-state index is 0.0570. The second-order valence-electron chi connectivity index (χ2n) is 7.45. The lowest BCUT2D eigenvalue weighted by Gasteiger charge is -2.15. The topological polar surface area (TPSA) is 34.0 Å². The van der Waals surface area contributed by atoms with Gasteiger partial charge in [-0.25, -0.2) is 0 Å². The van der Waals surface area contributed by atoms with Gasteiger partial charge in [0.25, 0.3) is 5.91 Å². The standard InChI is InChI=1S/C23H22ClF3N2O/c1-5-10-29-20-9-6-15(13(2)3)11-17(20)14(4)21(29)22(30)28-19-8-7-16(24)12-18(19)23(25,26)27/h5-9,11-13H,1,10H2,2-4H3,(H,28,30). The van der Waals surface area contributed by atoms with E-state index in [1.807, 2.05) is 18.2 Å². The van der Waals surface area contributed by atoms with Gasteiger partial charge < -0.3 is 9.88 Å². The molecule has 7 heteroatoms. The van der Waals surface area contributed by atoms with E-state index < -0.39 is 17.6 Å². The van der Waals surface area contributed by atoms with E-state index in [-0.39, 0.29) is 10.7 Å². The highest BCUT2D eigenvalue weighted by molar-refractivity contribution is 6.30. The summed E-state index contributed by atoms with van der Waals surface area (Å²) in [5.41, 5.74) is 1.62. The second kappa shape index (κ2) is 8.19. The van der Waals surface area contributed by atoms with Crippen molar-refractivity contribution in [3.63, 3.8) is 0 Å². The molecule has 3 rings (SSSR count). The van der Waals surface area contributed by atoms with Crippen molar-refractivity contribution < 1.29 is 18.0 Å². The Morgan fingerprint density at radius 1 is 1.23 bits per heavy atom. The summed E-state index contributed by atoms with van der Waals surface area (Å²) in [6, 6.07) is 9.23. The summed E-state index contributed by atoms with van der Waals surface area (Å²) < 4.78 is 42.0. The smallest absolute Gasteiger partial charge is 0.332 e. The molecule has 0 saturated carbocycles. The van der Waals surface area contributed by atoms with Crippen LogP contribution in [0.1, 0.15) is 46.9 Å². The van der Waals surface area contributed by atoms with E-state index >= 15 is 0 Å². The van der Waals surface area contributed by atoms with Gasteiger partial charge in [-0.1, -0.05) is 37.6 Å². The molecule has 3 aromatic rings. The van der Waals surface area contributed by atoms with Crippen LogP contribution >= 0.6 is 11.6 Å². The first-order chi connectivity index (χ1) is 14.0. The predicted molar refractivity (Wildman–Crippen MR) is 115 cm³/mol. The highest BCUT2D eigenvalue weighted by atomic mass is 35.5. The summed E-state index contributed by atoms with van der Waals surface area (Å²) in [6.07, 6.45) is -3.00. The molecule has 2 aromatic carbocycles. The fraction of sp³-hybridized carbons (Fsp3) is 0.261. The van der Waals surface area contributed by atoms with Crippen molar-refractivity contribution in [1.29, 1.82) is 0 Å². The average molecular weight is 435 g/mol. The lowest BCUT2D eigenvalue weighted by Crippen LogP contribution is -2.20. The highest BCUT2D eigenvalue weighted by Gasteiger charge is 2.34. The lowest BCUT2D eigenvalue weighted by atomic mass is 10.0. The van der Waals surface area contributed by atoms with Crippen LogP contribution in [0, 0.1) is 6.92 Å². The van der Waals surface area contributed by atoms with Crippen LogP contribution in [0.5, 0.6) is 0 Å². The Balaban J connectivity index is 2.13. The molecule has 0 saturated heterocycles. The van der Waals surface area contributed by atoms with Crippen molar-refractivity contribution >= 4 is 34.1 Å². The summed E-state index contributed by atoms with van der Waals surface area (Å²) in [4.78, 5) is 13.1. The molecule has 158 valence electrons. The molecule has 0 bridgehead atoms. The van der Waals surface area contributed by atoms with Crippen LogP contribution in [0.3, 0.4) is 0 Å². The van der Waals surface area contributed by atoms with Crippen LogP contribution in [-0.4, -0.2) is 10.5 Å². The monoisotopic (exact) mass is 434 g/mol. The molecule has 0 aliphatic carbocycles. The number of halogens is 4. The Hall–Kier alpha value is -2.73. The van der Waals surface area contributed by atoms with Crippen molar-refractivity contribution in [3.8, 4) is 0 Å². The number of anilines is 1. The number of aryl methyl sites for hydroxylation is 1. The van der Waals surface area contributed by atoms with Gasteiger partial charge in [-0.2, -0.15) is 13.2 Å². The number of amides is 1. The quantitative estimate of drug-likeness (QED) is 0.424. The van der Waals surface area contributed by atoms with E-state index in [9.17, 15) is 18.0 Å². The molecule has 0 radical (unpaired) electrons. The van der Waals surface area contributed by atoms with Crippen LogP contribution in [0.2, 0.25) is 5.02 Å². The van der Waals surface area contributed by atoms with Gasteiger partial charge in [-0.15, -0.1) is 6.58 Å². The Labute approximate surface area is 178 Å². The minimum Gasteiger partial charge on any atom is -0.332 e. The van der Waals surface area contributed by atoms with Crippen LogP contribution in [0.4, 0.5) is 18.9 Å². The Bertz CT molecular complexity index is 1130. The third-order valence-electron chi connectivity index (χ3n) is 5.07. The summed E-state index contributed by atoms with van der Waals surface area (Å²) in [7, 11) is 0. The average Bonchev–Trinajstić information content (AvgIpc) is 2.94. The van der Waals surface area contributed by atoms with Crippen LogP contribution in [0.25, 0.3) is 10.9 Å². The fourth-order valence-corrected chi connectivity index (χ4v) is 3.72.